The van der Waals surface area contributed by atoms with Crippen LogP contribution in [0.4, 0.5) is 10.1 Å². The molecule has 4 aromatic rings. The molecule has 0 saturated carbocycles. The predicted molar refractivity (Wildman–Crippen MR) is 116 cm³/mol. The van der Waals surface area contributed by atoms with Crippen LogP contribution in [0.2, 0.25) is 0 Å². The first-order valence-corrected chi connectivity index (χ1v) is 10.1. The van der Waals surface area contributed by atoms with E-state index >= 15 is 0 Å². The highest BCUT2D eigenvalue weighted by Gasteiger charge is 2.16. The van der Waals surface area contributed by atoms with Gasteiger partial charge >= 0.3 is 0 Å². The van der Waals surface area contributed by atoms with Gasteiger partial charge in [0, 0.05) is 22.7 Å². The van der Waals surface area contributed by atoms with Gasteiger partial charge in [0.2, 0.25) is 5.91 Å². The van der Waals surface area contributed by atoms with Crippen LogP contribution in [0.1, 0.15) is 17.7 Å². The third kappa shape index (κ3) is 4.22. The molecule has 2 aromatic carbocycles. The van der Waals surface area contributed by atoms with Crippen molar-refractivity contribution in [3.8, 4) is 11.3 Å². The number of fused-ring (bicyclic) bond motifs is 1. The number of carbonyl (C=O) groups excluding carboxylic acids is 1. The van der Waals surface area contributed by atoms with E-state index < -0.39 is 0 Å². The zero-order valence-electron chi connectivity index (χ0n) is 15.8. The maximum absolute atomic E-state index is 13.3. The Balaban J connectivity index is 1.59. The number of imidazole rings is 1. The lowest BCUT2D eigenvalue weighted by atomic mass is 10.1. The third-order valence-corrected chi connectivity index (χ3v) is 5.39. The average molecular weight is 452 g/mol. The van der Waals surface area contributed by atoms with E-state index in [0.29, 0.717) is 12.8 Å². The van der Waals surface area contributed by atoms with E-state index in [-0.39, 0.29) is 11.7 Å². The second-order valence-corrected chi connectivity index (χ2v) is 7.73. The molecule has 0 fully saturated rings. The van der Waals surface area contributed by atoms with E-state index in [1.54, 1.807) is 12.1 Å². The number of aryl methyl sites for hydroxylation is 2. The highest BCUT2D eigenvalue weighted by molar-refractivity contribution is 9.10. The van der Waals surface area contributed by atoms with Gasteiger partial charge in [0.15, 0.2) is 0 Å². The predicted octanol–water partition coefficient (Wildman–Crippen LogP) is 5.78. The van der Waals surface area contributed by atoms with E-state index in [1.807, 2.05) is 53.9 Å². The number of benzene rings is 2. The molecule has 6 heteroatoms. The molecule has 0 unspecified atom stereocenters. The van der Waals surface area contributed by atoms with Crippen molar-refractivity contribution in [2.24, 2.45) is 0 Å². The van der Waals surface area contributed by atoms with Gasteiger partial charge in [-0.3, -0.25) is 4.79 Å². The van der Waals surface area contributed by atoms with Gasteiger partial charge in [0.1, 0.15) is 11.5 Å². The first kappa shape index (κ1) is 19.3. The van der Waals surface area contributed by atoms with Crippen LogP contribution >= 0.6 is 15.9 Å². The van der Waals surface area contributed by atoms with Crippen molar-refractivity contribution in [1.29, 1.82) is 0 Å². The number of anilines is 1. The Morgan fingerprint density at radius 3 is 2.69 bits per heavy atom. The number of halogens is 2. The zero-order chi connectivity index (χ0) is 20.4. The monoisotopic (exact) mass is 451 g/mol. The van der Waals surface area contributed by atoms with Crippen LogP contribution < -0.4 is 5.32 Å². The summed E-state index contributed by atoms with van der Waals surface area (Å²) < 4.78 is 16.2. The molecule has 1 amide bonds. The molecular weight excluding hydrogens is 433 g/mol. The highest BCUT2D eigenvalue weighted by Crippen LogP contribution is 2.27. The largest absolute Gasteiger partial charge is 0.325 e. The van der Waals surface area contributed by atoms with Crippen molar-refractivity contribution in [2.75, 3.05) is 5.32 Å². The molecule has 2 aromatic heterocycles. The van der Waals surface area contributed by atoms with Crippen molar-refractivity contribution in [1.82, 2.24) is 9.38 Å². The van der Waals surface area contributed by atoms with E-state index in [0.717, 1.165) is 38.3 Å². The summed E-state index contributed by atoms with van der Waals surface area (Å²) in [5, 5.41) is 2.95. The first-order chi connectivity index (χ1) is 14.0. The fourth-order valence-corrected chi connectivity index (χ4v) is 3.88. The second kappa shape index (κ2) is 8.17. The summed E-state index contributed by atoms with van der Waals surface area (Å²) in [7, 11) is 0. The molecule has 146 valence electrons. The van der Waals surface area contributed by atoms with Gasteiger partial charge in [-0.2, -0.15) is 0 Å². The number of aromatic nitrogens is 2. The van der Waals surface area contributed by atoms with E-state index in [1.165, 1.54) is 12.1 Å². The van der Waals surface area contributed by atoms with E-state index in [4.69, 9.17) is 4.98 Å². The smallest absolute Gasteiger partial charge is 0.224 e. The number of nitrogens with zero attached hydrogens (tertiary/aromatic N) is 2. The number of nitrogens with one attached hydrogen (secondary N) is 1. The minimum Gasteiger partial charge on any atom is -0.325 e. The molecule has 0 aliphatic carbocycles. The Hall–Kier alpha value is -2.99. The second-order valence-electron chi connectivity index (χ2n) is 6.87. The number of rotatable bonds is 5. The van der Waals surface area contributed by atoms with Crippen molar-refractivity contribution in [3.63, 3.8) is 0 Å². The Kier molecular flexibility index (Phi) is 5.45. The molecule has 0 spiro atoms. The molecule has 0 atom stereocenters. The van der Waals surface area contributed by atoms with Gasteiger partial charge in [-0.25, -0.2) is 9.37 Å². The maximum atomic E-state index is 13.3. The summed E-state index contributed by atoms with van der Waals surface area (Å²) >= 11 is 3.49. The molecular formula is C23H19BrFN3O. The minimum atomic E-state index is -0.290. The Bertz CT molecular complexity index is 1180. The quantitative estimate of drug-likeness (QED) is 0.417. The maximum Gasteiger partial charge on any atom is 0.224 e. The van der Waals surface area contributed by atoms with Crippen LogP contribution in [-0.2, 0) is 11.2 Å². The molecule has 4 rings (SSSR count). The van der Waals surface area contributed by atoms with Gasteiger partial charge in [-0.1, -0.05) is 12.1 Å². The van der Waals surface area contributed by atoms with Crippen molar-refractivity contribution < 1.29 is 9.18 Å². The topological polar surface area (TPSA) is 46.4 Å². The van der Waals surface area contributed by atoms with Crippen LogP contribution in [0.3, 0.4) is 0 Å². The molecule has 29 heavy (non-hydrogen) atoms. The molecule has 4 nitrogen and oxygen atoms in total. The zero-order valence-corrected chi connectivity index (χ0v) is 17.4. The Morgan fingerprint density at radius 1 is 1.14 bits per heavy atom. The molecule has 0 radical (unpaired) electrons. The average Bonchev–Trinajstić information content (AvgIpc) is 3.08. The highest BCUT2D eigenvalue weighted by atomic mass is 79.9. The van der Waals surface area contributed by atoms with Crippen LogP contribution in [0, 0.1) is 12.7 Å². The standard InChI is InChI=1S/C23H19BrFN3O/c1-15-5-10-19(18(24)14-15)26-22(29)12-11-20-23(16-6-8-17(25)9-7-16)27-21-4-2-3-13-28(20)21/h2-10,13-14H,11-12H2,1H3,(H,26,29). The summed E-state index contributed by atoms with van der Waals surface area (Å²) in [6.45, 7) is 2.00. The van der Waals surface area contributed by atoms with E-state index in [2.05, 4.69) is 21.2 Å². The lowest BCUT2D eigenvalue weighted by molar-refractivity contribution is -0.116. The fourth-order valence-electron chi connectivity index (χ4n) is 3.29. The van der Waals surface area contributed by atoms with Crippen molar-refractivity contribution in [2.45, 2.75) is 19.8 Å². The summed E-state index contributed by atoms with van der Waals surface area (Å²) in [6.07, 6.45) is 2.74. The number of amides is 1. The molecule has 0 aliphatic heterocycles. The van der Waals surface area contributed by atoms with Gasteiger partial charge in [-0.05, 0) is 83.4 Å². The number of hydrogen-bond acceptors (Lipinski definition) is 2. The summed E-state index contributed by atoms with van der Waals surface area (Å²) in [4.78, 5) is 17.3. The molecule has 0 saturated heterocycles. The number of carbonyl (C=O) groups is 1. The van der Waals surface area contributed by atoms with Crippen LogP contribution in [0.25, 0.3) is 16.9 Å². The normalized spacial score (nSPS) is 11.0. The van der Waals surface area contributed by atoms with E-state index in [9.17, 15) is 9.18 Å². The van der Waals surface area contributed by atoms with Crippen LogP contribution in [-0.4, -0.2) is 15.3 Å². The number of pyridine rings is 1. The third-order valence-electron chi connectivity index (χ3n) is 4.73. The lowest BCUT2D eigenvalue weighted by Gasteiger charge is -2.09. The van der Waals surface area contributed by atoms with Crippen LogP contribution in [0.5, 0.6) is 0 Å². The van der Waals surface area contributed by atoms with Crippen molar-refractivity contribution in [3.05, 3.63) is 88.4 Å². The Labute approximate surface area is 176 Å². The van der Waals surface area contributed by atoms with Gasteiger partial charge in [-0.15, -0.1) is 0 Å². The lowest BCUT2D eigenvalue weighted by Crippen LogP contribution is -2.13. The first-order valence-electron chi connectivity index (χ1n) is 9.29. The summed E-state index contributed by atoms with van der Waals surface area (Å²) in [5.41, 5.74) is 5.17. The van der Waals surface area contributed by atoms with Gasteiger partial charge < -0.3 is 9.72 Å². The number of hydrogen-bond donors (Lipinski definition) is 1. The van der Waals surface area contributed by atoms with Crippen LogP contribution in [0.15, 0.2) is 71.3 Å². The van der Waals surface area contributed by atoms with Crippen molar-refractivity contribution >= 4 is 33.2 Å². The molecule has 2 heterocycles. The molecule has 0 bridgehead atoms. The SMILES string of the molecule is Cc1ccc(NC(=O)CCc2c(-c3ccc(F)cc3)nc3ccccn23)c(Br)c1. The summed E-state index contributed by atoms with van der Waals surface area (Å²) in [5.74, 6) is -0.368. The van der Waals surface area contributed by atoms with Gasteiger partial charge in [0.05, 0.1) is 17.1 Å². The fraction of sp³-hybridized carbons (Fsp3) is 0.130. The molecule has 0 aliphatic rings. The molecule has 1 N–H and O–H groups in total. The summed E-state index contributed by atoms with van der Waals surface area (Å²) in [6, 6.07) is 17.8. The Morgan fingerprint density at radius 2 is 1.93 bits per heavy atom. The minimum absolute atomic E-state index is 0.0782. The van der Waals surface area contributed by atoms with Gasteiger partial charge in [0.25, 0.3) is 0 Å².